The Labute approximate surface area is 118 Å². The van der Waals surface area contributed by atoms with Crippen molar-refractivity contribution in [3.63, 3.8) is 0 Å². The first-order valence-electron chi connectivity index (χ1n) is 6.25. The van der Waals surface area contributed by atoms with Gasteiger partial charge in [0.2, 0.25) is 0 Å². The summed E-state index contributed by atoms with van der Waals surface area (Å²) < 4.78 is 0.958. The van der Waals surface area contributed by atoms with E-state index in [1.54, 1.807) is 0 Å². The molecule has 0 heterocycles. The number of quaternary nitrogens is 1. The normalized spacial score (nSPS) is 11.2. The number of rotatable bonds is 10. The van der Waals surface area contributed by atoms with E-state index in [0.29, 0.717) is 0 Å². The van der Waals surface area contributed by atoms with Crippen LogP contribution in [0.15, 0.2) is 0 Å². The summed E-state index contributed by atoms with van der Waals surface area (Å²) in [5.74, 6) is 1.04. The summed E-state index contributed by atoms with van der Waals surface area (Å²) in [6, 6.07) is 0. The third kappa shape index (κ3) is 12.8. The Kier molecular flexibility index (Phi) is 14.6. The zero-order chi connectivity index (χ0) is 11.6. The maximum atomic E-state index is 5.67. The molecule has 0 aliphatic carbocycles. The van der Waals surface area contributed by atoms with Crippen molar-refractivity contribution in [2.75, 3.05) is 33.1 Å². The second-order valence-electron chi connectivity index (χ2n) is 5.04. The van der Waals surface area contributed by atoms with E-state index in [1.807, 2.05) is 0 Å². The fourth-order valence-electron chi connectivity index (χ4n) is 1.63. The molecular weight excluding hydrogens is 284 g/mol. The molecule has 0 bridgehead atoms. The van der Waals surface area contributed by atoms with Crippen molar-refractivity contribution in [1.82, 2.24) is 0 Å². The van der Waals surface area contributed by atoms with Crippen molar-refractivity contribution in [2.45, 2.75) is 44.9 Å². The summed E-state index contributed by atoms with van der Waals surface area (Å²) in [6.07, 6.45) is 9.48. The largest absolute Gasteiger partial charge is 1.00 e. The number of unbranched alkanes of at least 4 members (excludes halogenated alkanes) is 6. The highest BCUT2D eigenvalue weighted by Gasteiger charge is 2.10. The van der Waals surface area contributed by atoms with Crippen LogP contribution in [0.4, 0.5) is 0 Å². The maximum Gasteiger partial charge on any atom is 0.129 e. The van der Waals surface area contributed by atoms with Crippen LogP contribution in [0.2, 0.25) is 0 Å². The van der Waals surface area contributed by atoms with Crippen LogP contribution in [0.5, 0.6) is 0 Å². The minimum absolute atomic E-state index is 0. The van der Waals surface area contributed by atoms with E-state index in [2.05, 4.69) is 26.7 Å². The fraction of sp³-hybridized carbons (Fsp3) is 1.00. The van der Waals surface area contributed by atoms with E-state index in [-0.39, 0.29) is 17.0 Å². The van der Waals surface area contributed by atoms with E-state index in [0.717, 1.165) is 16.9 Å². The predicted octanol–water partition coefficient (Wildman–Crippen LogP) is -0.356. The molecule has 0 unspecified atom stereocenters. The minimum Gasteiger partial charge on any atom is -1.00 e. The molecule has 2 nitrogen and oxygen atoms in total. The fourth-order valence-corrected chi connectivity index (χ4v) is 1.85. The monoisotopic (exact) mass is 312 g/mol. The standard InChI is InChI=1S/C12H28N2S.BrH/c1-14(2,12-13)10-8-6-4-3-5-7-9-11-15;/h3-13H2,1-2H3;1H. The molecule has 0 aromatic heterocycles. The first kappa shape index (κ1) is 19.1. The first-order valence-corrected chi connectivity index (χ1v) is 6.88. The summed E-state index contributed by atoms with van der Waals surface area (Å²) in [6.45, 7) is 1.97. The van der Waals surface area contributed by atoms with Crippen LogP contribution in [0.25, 0.3) is 0 Å². The highest BCUT2D eigenvalue weighted by Crippen LogP contribution is 2.09. The van der Waals surface area contributed by atoms with Gasteiger partial charge in [0.25, 0.3) is 0 Å². The van der Waals surface area contributed by atoms with Gasteiger partial charge in [-0.2, -0.15) is 12.6 Å². The summed E-state index contributed by atoms with van der Waals surface area (Å²) in [5.41, 5.74) is 5.67. The smallest absolute Gasteiger partial charge is 0.129 e. The molecule has 0 rings (SSSR count). The molecule has 0 aromatic rings. The van der Waals surface area contributed by atoms with Gasteiger partial charge in [-0.3, -0.25) is 5.73 Å². The van der Waals surface area contributed by atoms with Crippen molar-refractivity contribution in [3.8, 4) is 0 Å². The molecular formula is C12H29BrN2S. The van der Waals surface area contributed by atoms with Crippen LogP contribution in [-0.4, -0.2) is 37.5 Å². The van der Waals surface area contributed by atoms with Crippen LogP contribution in [0, 0.1) is 0 Å². The molecule has 0 aliphatic rings. The average Bonchev–Trinajstić information content (AvgIpc) is 2.22. The van der Waals surface area contributed by atoms with Gasteiger partial charge < -0.3 is 21.5 Å². The zero-order valence-electron chi connectivity index (χ0n) is 10.9. The number of hydrogen-bond acceptors (Lipinski definition) is 2. The number of hydrogen-bond donors (Lipinski definition) is 2. The molecule has 0 fully saturated rings. The summed E-state index contributed by atoms with van der Waals surface area (Å²) in [7, 11) is 4.40. The lowest BCUT2D eigenvalue weighted by Gasteiger charge is -2.27. The summed E-state index contributed by atoms with van der Waals surface area (Å²) in [5, 5.41) is 0. The second-order valence-corrected chi connectivity index (χ2v) is 5.49. The molecule has 2 N–H and O–H groups in total. The lowest BCUT2D eigenvalue weighted by molar-refractivity contribution is -0.890. The Morgan fingerprint density at radius 2 is 1.31 bits per heavy atom. The third-order valence-corrected chi connectivity index (χ3v) is 3.23. The highest BCUT2D eigenvalue weighted by atomic mass is 79.9. The molecule has 0 saturated carbocycles. The number of halogens is 1. The minimum atomic E-state index is 0. The van der Waals surface area contributed by atoms with Crippen LogP contribution in [0.1, 0.15) is 44.9 Å². The van der Waals surface area contributed by atoms with E-state index in [1.165, 1.54) is 51.5 Å². The Morgan fingerprint density at radius 1 is 0.875 bits per heavy atom. The van der Waals surface area contributed by atoms with Crippen molar-refractivity contribution in [1.29, 1.82) is 0 Å². The lowest BCUT2D eigenvalue weighted by Crippen LogP contribution is -3.00. The molecule has 100 valence electrons. The van der Waals surface area contributed by atoms with Gasteiger partial charge in [-0.25, -0.2) is 0 Å². The Hall–Kier alpha value is 0.750. The Balaban J connectivity index is 0. The van der Waals surface area contributed by atoms with Gasteiger partial charge in [0, 0.05) is 0 Å². The van der Waals surface area contributed by atoms with E-state index in [4.69, 9.17) is 5.73 Å². The van der Waals surface area contributed by atoms with Crippen molar-refractivity contribution >= 4 is 12.6 Å². The van der Waals surface area contributed by atoms with Gasteiger partial charge in [0.15, 0.2) is 0 Å². The van der Waals surface area contributed by atoms with E-state index < -0.39 is 0 Å². The number of thiol groups is 1. The highest BCUT2D eigenvalue weighted by molar-refractivity contribution is 7.80. The van der Waals surface area contributed by atoms with Crippen molar-refractivity contribution in [3.05, 3.63) is 0 Å². The van der Waals surface area contributed by atoms with Gasteiger partial charge in [0.1, 0.15) is 6.67 Å². The first-order chi connectivity index (χ1) is 7.12. The van der Waals surface area contributed by atoms with Gasteiger partial charge in [-0.05, 0) is 25.0 Å². The number of nitrogens with zero attached hydrogens (tertiary/aromatic N) is 1. The summed E-state index contributed by atoms with van der Waals surface area (Å²) in [4.78, 5) is 0. The average molecular weight is 313 g/mol. The second kappa shape index (κ2) is 12.2. The topological polar surface area (TPSA) is 26.0 Å². The number of nitrogens with two attached hydrogens (primary N) is 1. The molecule has 0 atom stereocenters. The van der Waals surface area contributed by atoms with Crippen LogP contribution < -0.4 is 22.7 Å². The molecule has 0 aromatic carbocycles. The van der Waals surface area contributed by atoms with Crippen molar-refractivity contribution in [2.24, 2.45) is 5.73 Å². The third-order valence-electron chi connectivity index (χ3n) is 2.92. The predicted molar refractivity (Wildman–Crippen MR) is 72.2 cm³/mol. The lowest BCUT2D eigenvalue weighted by atomic mass is 10.1. The molecule has 0 aliphatic heterocycles. The van der Waals surface area contributed by atoms with Crippen LogP contribution in [-0.2, 0) is 0 Å². The molecule has 0 amide bonds. The molecule has 0 spiro atoms. The molecule has 0 radical (unpaired) electrons. The Morgan fingerprint density at radius 3 is 1.75 bits per heavy atom. The van der Waals surface area contributed by atoms with Crippen LogP contribution in [0.3, 0.4) is 0 Å². The van der Waals surface area contributed by atoms with E-state index in [9.17, 15) is 0 Å². The maximum absolute atomic E-state index is 5.67. The van der Waals surface area contributed by atoms with Crippen molar-refractivity contribution < 1.29 is 21.5 Å². The van der Waals surface area contributed by atoms with Gasteiger partial charge in [-0.15, -0.1) is 0 Å². The summed E-state index contributed by atoms with van der Waals surface area (Å²) >= 11 is 4.21. The zero-order valence-corrected chi connectivity index (χ0v) is 13.4. The van der Waals surface area contributed by atoms with Gasteiger partial charge in [0.05, 0.1) is 20.6 Å². The Bertz CT molecular complexity index is 143. The molecule has 16 heavy (non-hydrogen) atoms. The quantitative estimate of drug-likeness (QED) is 0.245. The molecule has 4 heteroatoms. The SMILES string of the molecule is C[N+](C)(CN)CCCCCCCCCS.[Br-]. The van der Waals surface area contributed by atoms with E-state index >= 15 is 0 Å². The molecule has 0 saturated heterocycles. The van der Waals surface area contributed by atoms with Gasteiger partial charge >= 0.3 is 0 Å². The van der Waals surface area contributed by atoms with Gasteiger partial charge in [-0.1, -0.05) is 25.7 Å². The van der Waals surface area contributed by atoms with Crippen LogP contribution >= 0.6 is 12.6 Å².